The van der Waals surface area contributed by atoms with E-state index in [9.17, 15) is 9.59 Å². The Labute approximate surface area is 201 Å². The fraction of sp³-hybridized carbons (Fsp3) is 0.333. The van der Waals surface area contributed by atoms with Crippen molar-refractivity contribution in [2.75, 3.05) is 17.7 Å². The molecule has 1 N–H and O–H groups in total. The molecule has 0 unspecified atom stereocenters. The van der Waals surface area contributed by atoms with Gasteiger partial charge in [-0.15, -0.1) is 28.1 Å². The first kappa shape index (κ1) is 22.8. The summed E-state index contributed by atoms with van der Waals surface area (Å²) in [4.78, 5) is 26.4. The highest BCUT2D eigenvalue weighted by atomic mass is 79.9. The largest absolute Gasteiger partial charge is 0.462 e. The predicted octanol–water partition coefficient (Wildman–Crippen LogP) is 4.94. The van der Waals surface area contributed by atoms with E-state index in [2.05, 4.69) is 38.0 Å². The SMILES string of the molecule is C=CCn1c(SCC(=O)Nc2sc3c(c2C(=O)OCC)CCC3)nnc1-c1ccc(Br)o1. The van der Waals surface area contributed by atoms with Crippen LogP contribution in [-0.2, 0) is 28.9 Å². The summed E-state index contributed by atoms with van der Waals surface area (Å²) in [7, 11) is 0. The van der Waals surface area contributed by atoms with Gasteiger partial charge in [0.2, 0.25) is 11.7 Å². The average Bonchev–Trinajstić information content (AvgIpc) is 3.51. The van der Waals surface area contributed by atoms with E-state index >= 15 is 0 Å². The molecule has 1 amide bonds. The third kappa shape index (κ3) is 4.69. The third-order valence-electron chi connectivity index (χ3n) is 4.81. The van der Waals surface area contributed by atoms with Gasteiger partial charge in [0.15, 0.2) is 15.6 Å². The van der Waals surface area contributed by atoms with Gasteiger partial charge in [-0.3, -0.25) is 9.36 Å². The monoisotopic (exact) mass is 536 g/mol. The number of amides is 1. The molecule has 0 fully saturated rings. The fourth-order valence-corrected chi connectivity index (χ4v) is 5.86. The molecule has 1 aliphatic carbocycles. The van der Waals surface area contributed by atoms with Gasteiger partial charge in [0.1, 0.15) is 5.00 Å². The highest BCUT2D eigenvalue weighted by Gasteiger charge is 2.28. The van der Waals surface area contributed by atoms with Gasteiger partial charge in [-0.1, -0.05) is 17.8 Å². The van der Waals surface area contributed by atoms with Gasteiger partial charge < -0.3 is 14.5 Å². The molecule has 168 valence electrons. The maximum Gasteiger partial charge on any atom is 0.341 e. The number of carbonyl (C=O) groups is 2. The van der Waals surface area contributed by atoms with E-state index in [1.165, 1.54) is 23.1 Å². The molecule has 0 aromatic carbocycles. The number of rotatable bonds is 9. The summed E-state index contributed by atoms with van der Waals surface area (Å²) in [5.41, 5.74) is 1.51. The number of aryl methyl sites for hydroxylation is 1. The lowest BCUT2D eigenvalue weighted by molar-refractivity contribution is -0.113. The Morgan fingerprint density at radius 2 is 2.25 bits per heavy atom. The van der Waals surface area contributed by atoms with Crippen LogP contribution in [0.15, 0.2) is 39.0 Å². The molecule has 11 heteroatoms. The molecule has 1 aliphatic rings. The predicted molar refractivity (Wildman–Crippen MR) is 127 cm³/mol. The minimum atomic E-state index is -0.380. The first-order chi connectivity index (χ1) is 15.5. The molecular formula is C21H21BrN4O4S2. The van der Waals surface area contributed by atoms with Crippen LogP contribution in [-0.4, -0.2) is 39.0 Å². The van der Waals surface area contributed by atoms with Gasteiger partial charge in [0.25, 0.3) is 0 Å². The number of thiophene rings is 1. The van der Waals surface area contributed by atoms with Crippen molar-refractivity contribution >= 4 is 55.9 Å². The number of aromatic nitrogens is 3. The maximum absolute atomic E-state index is 12.7. The van der Waals surface area contributed by atoms with Crippen LogP contribution in [0, 0.1) is 0 Å². The van der Waals surface area contributed by atoms with Crippen molar-refractivity contribution < 1.29 is 18.7 Å². The van der Waals surface area contributed by atoms with E-state index in [1.54, 1.807) is 25.1 Å². The lowest BCUT2D eigenvalue weighted by atomic mass is 10.1. The molecule has 32 heavy (non-hydrogen) atoms. The average molecular weight is 537 g/mol. The number of furan rings is 1. The summed E-state index contributed by atoms with van der Waals surface area (Å²) in [5, 5.41) is 12.5. The molecule has 3 heterocycles. The van der Waals surface area contributed by atoms with E-state index in [0.29, 0.717) is 45.1 Å². The molecule has 0 radical (unpaired) electrons. The van der Waals surface area contributed by atoms with Crippen LogP contribution in [0.4, 0.5) is 5.00 Å². The third-order valence-corrected chi connectivity index (χ3v) is 7.41. The van der Waals surface area contributed by atoms with E-state index in [1.807, 2.05) is 4.57 Å². The summed E-state index contributed by atoms with van der Waals surface area (Å²) < 4.78 is 13.2. The smallest absolute Gasteiger partial charge is 0.341 e. The van der Waals surface area contributed by atoms with Crippen LogP contribution in [0.3, 0.4) is 0 Å². The Bertz CT molecular complexity index is 1170. The maximum atomic E-state index is 12.7. The van der Waals surface area contributed by atoms with E-state index in [4.69, 9.17) is 9.15 Å². The van der Waals surface area contributed by atoms with Crippen LogP contribution < -0.4 is 5.32 Å². The van der Waals surface area contributed by atoms with E-state index in [0.717, 1.165) is 29.7 Å². The summed E-state index contributed by atoms with van der Waals surface area (Å²) in [6.45, 7) is 6.32. The molecule has 4 rings (SSSR count). The molecule has 3 aromatic heterocycles. The summed E-state index contributed by atoms with van der Waals surface area (Å²) in [6.07, 6.45) is 4.51. The van der Waals surface area contributed by atoms with Crippen molar-refractivity contribution in [3.05, 3.63) is 45.5 Å². The van der Waals surface area contributed by atoms with E-state index in [-0.39, 0.29) is 17.6 Å². The lowest BCUT2D eigenvalue weighted by Gasteiger charge is -2.08. The minimum Gasteiger partial charge on any atom is -0.462 e. The van der Waals surface area contributed by atoms with E-state index < -0.39 is 0 Å². The van der Waals surface area contributed by atoms with Gasteiger partial charge >= 0.3 is 5.97 Å². The Balaban J connectivity index is 1.48. The van der Waals surface area contributed by atoms with Crippen molar-refractivity contribution in [2.24, 2.45) is 0 Å². The molecule has 3 aromatic rings. The second-order valence-corrected chi connectivity index (χ2v) is 9.76. The van der Waals surface area contributed by atoms with Gasteiger partial charge in [-0.2, -0.15) is 0 Å². The number of hydrogen-bond donors (Lipinski definition) is 1. The Morgan fingerprint density at radius 3 is 2.97 bits per heavy atom. The number of thioether (sulfide) groups is 1. The van der Waals surface area contributed by atoms with Gasteiger partial charge in [0, 0.05) is 11.4 Å². The quantitative estimate of drug-likeness (QED) is 0.234. The van der Waals surface area contributed by atoms with Crippen LogP contribution in [0.1, 0.15) is 34.1 Å². The number of ether oxygens (including phenoxy) is 1. The van der Waals surface area contributed by atoms with Gasteiger partial charge in [-0.25, -0.2) is 4.79 Å². The second kappa shape index (κ2) is 10.1. The molecule has 0 bridgehead atoms. The minimum absolute atomic E-state index is 0.113. The van der Waals surface area contributed by atoms with Gasteiger partial charge in [0.05, 0.1) is 17.9 Å². The number of fused-ring (bicyclic) bond motifs is 1. The zero-order valence-electron chi connectivity index (χ0n) is 17.4. The number of nitrogens with one attached hydrogen (secondary N) is 1. The van der Waals surface area contributed by atoms with Crippen LogP contribution in [0.5, 0.6) is 0 Å². The van der Waals surface area contributed by atoms with Crippen LogP contribution in [0.25, 0.3) is 11.6 Å². The molecule has 0 aliphatic heterocycles. The number of hydrogen-bond acceptors (Lipinski definition) is 8. The zero-order valence-corrected chi connectivity index (χ0v) is 20.6. The molecular weight excluding hydrogens is 516 g/mol. The number of esters is 1. The summed E-state index contributed by atoms with van der Waals surface area (Å²) in [5.74, 6) is 0.625. The number of anilines is 1. The topological polar surface area (TPSA) is 99.2 Å². The van der Waals surface area contributed by atoms with Crippen molar-refractivity contribution in [3.8, 4) is 11.6 Å². The van der Waals surface area contributed by atoms with Crippen molar-refractivity contribution in [3.63, 3.8) is 0 Å². The second-order valence-electron chi connectivity index (χ2n) is 6.93. The standard InChI is InChI=1S/C21H21BrN4O4S2/c1-3-10-26-18(13-8-9-15(22)30-13)24-25-21(26)31-11-16(27)23-19-17(20(28)29-4-2)12-6-5-7-14(12)32-19/h3,8-9H,1,4-7,10-11H2,2H3,(H,23,27). The number of halogens is 1. The highest BCUT2D eigenvalue weighted by molar-refractivity contribution is 9.10. The normalized spacial score (nSPS) is 12.6. The van der Waals surface area contributed by atoms with Crippen LogP contribution in [0.2, 0.25) is 0 Å². The van der Waals surface area contributed by atoms with Crippen molar-refractivity contribution in [1.29, 1.82) is 0 Å². The molecule has 0 saturated carbocycles. The van der Waals surface area contributed by atoms with Crippen LogP contribution >= 0.6 is 39.0 Å². The molecule has 0 saturated heterocycles. The Morgan fingerprint density at radius 1 is 1.41 bits per heavy atom. The molecule has 0 spiro atoms. The molecule has 8 nitrogen and oxygen atoms in total. The number of nitrogens with zero attached hydrogens (tertiary/aromatic N) is 3. The first-order valence-electron chi connectivity index (χ1n) is 10.1. The van der Waals surface area contributed by atoms with Gasteiger partial charge in [-0.05, 0) is 59.8 Å². The summed E-state index contributed by atoms with van der Waals surface area (Å²) in [6, 6.07) is 3.57. The Hall–Kier alpha value is -2.37. The highest BCUT2D eigenvalue weighted by Crippen LogP contribution is 2.39. The van der Waals surface area contributed by atoms with Crippen molar-refractivity contribution in [2.45, 2.75) is 37.9 Å². The number of carbonyl (C=O) groups excluding carboxylic acids is 2. The lowest BCUT2D eigenvalue weighted by Crippen LogP contribution is -2.17. The summed E-state index contributed by atoms with van der Waals surface area (Å²) >= 11 is 6.01. The van der Waals surface area contributed by atoms with Crippen molar-refractivity contribution in [1.82, 2.24) is 14.8 Å². The zero-order chi connectivity index (χ0) is 22.7. The first-order valence-corrected chi connectivity index (χ1v) is 12.7. The Kier molecular flexibility index (Phi) is 7.17. The fourth-order valence-electron chi connectivity index (χ4n) is 3.51. The molecule has 0 atom stereocenters. The number of allylic oxidation sites excluding steroid dienone is 1.